The number of ether oxygens (including phenoxy) is 2. The molecule has 3 atom stereocenters. The fourth-order valence-corrected chi connectivity index (χ4v) is 4.13. The number of hydrogen-bond donors (Lipinski definition) is 3. The van der Waals surface area contributed by atoms with E-state index in [-0.39, 0.29) is 19.4 Å². The molecule has 0 fully saturated rings. The van der Waals surface area contributed by atoms with Crippen LogP contribution in [0, 0.1) is 0 Å². The van der Waals surface area contributed by atoms with Gasteiger partial charge in [-0.05, 0) is 12.8 Å². The predicted octanol–water partition coefficient (Wildman–Crippen LogP) is 4.88. The summed E-state index contributed by atoms with van der Waals surface area (Å²) in [5, 5.41) is 8.75. The van der Waals surface area contributed by atoms with Gasteiger partial charge in [0, 0.05) is 12.8 Å². The fraction of sp³-hybridized carbons (Fsp3) is 0.880. The van der Waals surface area contributed by atoms with Crippen LogP contribution in [-0.2, 0) is 37.5 Å². The lowest BCUT2D eigenvalue weighted by Crippen LogP contribution is -2.34. The van der Waals surface area contributed by atoms with Gasteiger partial charge in [-0.25, -0.2) is 4.57 Å². The highest BCUT2D eigenvalue weighted by molar-refractivity contribution is 7.47. The van der Waals surface area contributed by atoms with Crippen molar-refractivity contribution in [3.63, 3.8) is 0 Å². The lowest BCUT2D eigenvalue weighted by molar-refractivity contribution is -0.161. The van der Waals surface area contributed by atoms with Crippen molar-refractivity contribution in [1.29, 1.82) is 0 Å². The molecule has 0 aliphatic rings. The first-order valence-corrected chi connectivity index (χ1v) is 15.1. The van der Waals surface area contributed by atoms with Gasteiger partial charge < -0.3 is 25.2 Å². The molecule has 0 aliphatic carbocycles. The van der Waals surface area contributed by atoms with Crippen LogP contribution >= 0.6 is 7.82 Å². The highest BCUT2D eigenvalue weighted by atomic mass is 31.2. The number of nitrogens with two attached hydrogens (primary N) is 1. The topological polar surface area (TPSA) is 172 Å². The average molecular weight is 554 g/mol. The molecule has 0 spiro atoms. The normalized spacial score (nSPS) is 14.5. The molecular weight excluding hydrogens is 505 g/mol. The number of phosphoric acid groups is 1. The summed E-state index contributed by atoms with van der Waals surface area (Å²) in [4.78, 5) is 44.8. The first-order valence-electron chi connectivity index (χ1n) is 13.6. The van der Waals surface area contributed by atoms with E-state index in [4.69, 9.17) is 24.8 Å². The van der Waals surface area contributed by atoms with Crippen LogP contribution in [0.2, 0.25) is 0 Å². The maximum atomic E-state index is 12.3. The molecular formula is C25H48NO10P. The summed E-state index contributed by atoms with van der Waals surface area (Å²) in [6.07, 6.45) is 12.7. The molecule has 218 valence electrons. The molecule has 0 amide bonds. The van der Waals surface area contributed by atoms with Gasteiger partial charge in [0.1, 0.15) is 12.6 Å². The number of carboxylic acids is 1. The van der Waals surface area contributed by atoms with Crippen molar-refractivity contribution in [2.45, 2.75) is 122 Å². The molecule has 0 aromatic rings. The van der Waals surface area contributed by atoms with E-state index in [2.05, 4.69) is 18.4 Å². The van der Waals surface area contributed by atoms with Gasteiger partial charge in [-0.1, -0.05) is 84.5 Å². The van der Waals surface area contributed by atoms with Crippen molar-refractivity contribution < 1.29 is 47.5 Å². The first-order chi connectivity index (χ1) is 17.6. The molecule has 4 N–H and O–H groups in total. The molecule has 0 radical (unpaired) electrons. The molecule has 12 heteroatoms. The molecule has 0 saturated heterocycles. The van der Waals surface area contributed by atoms with Crippen LogP contribution in [0.3, 0.4) is 0 Å². The zero-order chi connectivity index (χ0) is 27.9. The summed E-state index contributed by atoms with van der Waals surface area (Å²) in [6.45, 7) is 2.57. The number of rotatable bonds is 25. The third kappa shape index (κ3) is 22.2. The number of aliphatic carboxylic acids is 1. The molecule has 37 heavy (non-hydrogen) atoms. The van der Waals surface area contributed by atoms with Gasteiger partial charge in [-0.3, -0.25) is 23.4 Å². The van der Waals surface area contributed by atoms with Crippen LogP contribution in [0.4, 0.5) is 0 Å². The number of carbonyl (C=O) groups excluding carboxylic acids is 2. The van der Waals surface area contributed by atoms with Crippen LogP contribution in [0.25, 0.3) is 0 Å². The monoisotopic (exact) mass is 553 g/mol. The van der Waals surface area contributed by atoms with Gasteiger partial charge in [-0.15, -0.1) is 0 Å². The second kappa shape index (κ2) is 22.5. The highest BCUT2D eigenvalue weighted by Crippen LogP contribution is 2.43. The maximum Gasteiger partial charge on any atom is 0.472 e. The lowest BCUT2D eigenvalue weighted by atomic mass is 10.1. The summed E-state index contributed by atoms with van der Waals surface area (Å²) in [7, 11) is -4.68. The molecule has 0 saturated carbocycles. The fourth-order valence-electron chi connectivity index (χ4n) is 3.36. The Morgan fingerprint density at radius 1 is 0.730 bits per heavy atom. The minimum atomic E-state index is -4.68. The molecule has 11 nitrogen and oxygen atoms in total. The Bertz CT molecular complexity index is 676. The Morgan fingerprint density at radius 2 is 1.19 bits per heavy atom. The van der Waals surface area contributed by atoms with Gasteiger partial charge in [0.05, 0.1) is 13.2 Å². The van der Waals surface area contributed by atoms with Crippen LogP contribution < -0.4 is 5.73 Å². The third-order valence-electron chi connectivity index (χ3n) is 5.61. The number of carbonyl (C=O) groups is 3. The lowest BCUT2D eigenvalue weighted by Gasteiger charge is -2.20. The van der Waals surface area contributed by atoms with Crippen molar-refractivity contribution in [2.24, 2.45) is 5.73 Å². The quantitative estimate of drug-likeness (QED) is 0.0799. The second-order valence-corrected chi connectivity index (χ2v) is 10.6. The van der Waals surface area contributed by atoms with Gasteiger partial charge in [0.25, 0.3) is 0 Å². The Morgan fingerprint density at radius 3 is 1.73 bits per heavy atom. The molecule has 0 heterocycles. The Balaban J connectivity index is 4.57. The molecule has 0 bridgehead atoms. The summed E-state index contributed by atoms with van der Waals surface area (Å²) in [5.74, 6) is -2.40. The van der Waals surface area contributed by atoms with Gasteiger partial charge in [-0.2, -0.15) is 0 Å². The van der Waals surface area contributed by atoms with Crippen LogP contribution in [0.1, 0.15) is 110 Å². The summed E-state index contributed by atoms with van der Waals surface area (Å²) in [6, 6.07) is -1.51. The van der Waals surface area contributed by atoms with E-state index in [0.29, 0.717) is 12.8 Å². The number of esters is 2. The van der Waals surface area contributed by atoms with Crippen molar-refractivity contribution in [1.82, 2.24) is 0 Å². The zero-order valence-corrected chi connectivity index (χ0v) is 23.5. The Labute approximate surface area is 221 Å². The Kier molecular flexibility index (Phi) is 21.5. The van der Waals surface area contributed by atoms with Gasteiger partial charge in [0.15, 0.2) is 6.10 Å². The summed E-state index contributed by atoms with van der Waals surface area (Å²) < 4.78 is 32.0. The SMILES string of the molecule is CCCCCCCCCCCC(=O)OC(COC(=O)CCCCCC)COP(=O)(O)OCC(N)C(=O)O. The summed E-state index contributed by atoms with van der Waals surface area (Å²) in [5.41, 5.74) is 5.25. The van der Waals surface area contributed by atoms with Crippen molar-refractivity contribution >= 4 is 25.7 Å². The number of unbranched alkanes of at least 4 members (excludes halogenated alkanes) is 11. The maximum absolute atomic E-state index is 12.3. The van der Waals surface area contributed by atoms with Crippen molar-refractivity contribution in [3.8, 4) is 0 Å². The average Bonchev–Trinajstić information content (AvgIpc) is 2.85. The largest absolute Gasteiger partial charge is 0.480 e. The van der Waals surface area contributed by atoms with Crippen LogP contribution in [-0.4, -0.2) is 59.9 Å². The zero-order valence-electron chi connectivity index (χ0n) is 22.6. The minimum Gasteiger partial charge on any atom is -0.480 e. The number of phosphoric ester groups is 1. The molecule has 0 aliphatic heterocycles. The standard InChI is InChI=1S/C25H48NO10P/c1-3-5-7-9-10-11-12-13-15-17-24(28)36-21(18-33-23(27)16-14-8-6-4-2)19-34-37(31,32)35-20-22(26)25(29)30/h21-22H,3-20,26H2,1-2H3,(H,29,30)(H,31,32). The molecule has 3 unspecified atom stereocenters. The first kappa shape index (κ1) is 35.5. The van der Waals surface area contributed by atoms with E-state index >= 15 is 0 Å². The van der Waals surface area contributed by atoms with Crippen molar-refractivity contribution in [3.05, 3.63) is 0 Å². The van der Waals surface area contributed by atoms with E-state index in [9.17, 15) is 23.8 Å². The van der Waals surface area contributed by atoms with E-state index in [1.807, 2.05) is 0 Å². The summed E-state index contributed by atoms with van der Waals surface area (Å²) >= 11 is 0. The molecule has 0 rings (SSSR count). The van der Waals surface area contributed by atoms with Crippen molar-refractivity contribution in [2.75, 3.05) is 19.8 Å². The number of carboxylic acid groups (broad SMARTS) is 1. The van der Waals surface area contributed by atoms with E-state index in [0.717, 1.165) is 38.5 Å². The van der Waals surface area contributed by atoms with Gasteiger partial charge >= 0.3 is 25.7 Å². The highest BCUT2D eigenvalue weighted by Gasteiger charge is 2.28. The Hall–Kier alpha value is -1.52. The minimum absolute atomic E-state index is 0.165. The smallest absolute Gasteiger partial charge is 0.472 e. The second-order valence-electron chi connectivity index (χ2n) is 9.19. The van der Waals surface area contributed by atoms with Crippen LogP contribution in [0.15, 0.2) is 0 Å². The van der Waals surface area contributed by atoms with E-state index in [1.165, 1.54) is 32.1 Å². The van der Waals surface area contributed by atoms with E-state index < -0.39 is 51.1 Å². The molecule has 0 aromatic heterocycles. The third-order valence-corrected chi connectivity index (χ3v) is 6.56. The molecule has 0 aromatic carbocycles. The van der Waals surface area contributed by atoms with Gasteiger partial charge in [0.2, 0.25) is 0 Å². The number of hydrogen-bond acceptors (Lipinski definition) is 9. The van der Waals surface area contributed by atoms with E-state index in [1.54, 1.807) is 0 Å². The van der Waals surface area contributed by atoms with Crippen LogP contribution in [0.5, 0.6) is 0 Å². The predicted molar refractivity (Wildman–Crippen MR) is 139 cm³/mol.